The van der Waals surface area contributed by atoms with Gasteiger partial charge in [0.25, 0.3) is 0 Å². The summed E-state index contributed by atoms with van der Waals surface area (Å²) in [5.41, 5.74) is 1.96. The third-order valence-corrected chi connectivity index (χ3v) is 3.06. The van der Waals surface area contributed by atoms with E-state index in [4.69, 9.17) is 0 Å². The zero-order valence-electron chi connectivity index (χ0n) is 9.40. The molecule has 1 atom stereocenters. The number of hydrogen-bond donors (Lipinski definition) is 1. The summed E-state index contributed by atoms with van der Waals surface area (Å²) in [6, 6.07) is 7.46. The van der Waals surface area contributed by atoms with Crippen LogP contribution in [-0.2, 0) is 4.79 Å². The number of carboxylic acid groups (broad SMARTS) is 1. The molecule has 0 fully saturated rings. The SMILES string of the molecule is CC(C)=CCC(C(=O)O)c1ccccc1Br. The monoisotopic (exact) mass is 282 g/mol. The molecule has 3 heteroatoms. The summed E-state index contributed by atoms with van der Waals surface area (Å²) in [7, 11) is 0. The van der Waals surface area contributed by atoms with Gasteiger partial charge in [-0.25, -0.2) is 0 Å². The summed E-state index contributed by atoms with van der Waals surface area (Å²) in [6.45, 7) is 3.94. The van der Waals surface area contributed by atoms with Crippen molar-refractivity contribution in [3.63, 3.8) is 0 Å². The molecule has 1 aromatic carbocycles. The molecule has 0 saturated carbocycles. The first-order valence-corrected chi connectivity index (χ1v) is 5.92. The van der Waals surface area contributed by atoms with E-state index in [9.17, 15) is 9.90 Å². The normalized spacial score (nSPS) is 11.9. The highest BCUT2D eigenvalue weighted by atomic mass is 79.9. The first-order valence-electron chi connectivity index (χ1n) is 5.13. The largest absolute Gasteiger partial charge is 0.481 e. The second-order valence-electron chi connectivity index (χ2n) is 3.93. The first kappa shape index (κ1) is 13.0. The van der Waals surface area contributed by atoms with E-state index >= 15 is 0 Å². The zero-order chi connectivity index (χ0) is 12.1. The van der Waals surface area contributed by atoms with E-state index in [2.05, 4.69) is 15.9 Å². The Morgan fingerprint density at radius 3 is 2.56 bits per heavy atom. The molecule has 0 bridgehead atoms. The van der Waals surface area contributed by atoms with E-state index < -0.39 is 11.9 Å². The van der Waals surface area contributed by atoms with Gasteiger partial charge in [-0.3, -0.25) is 4.79 Å². The van der Waals surface area contributed by atoms with E-state index in [1.807, 2.05) is 44.2 Å². The van der Waals surface area contributed by atoms with Crippen molar-refractivity contribution in [3.8, 4) is 0 Å². The number of rotatable bonds is 4. The third-order valence-electron chi connectivity index (χ3n) is 2.34. The van der Waals surface area contributed by atoms with Gasteiger partial charge in [0.2, 0.25) is 0 Å². The van der Waals surface area contributed by atoms with Crippen molar-refractivity contribution in [2.75, 3.05) is 0 Å². The maximum Gasteiger partial charge on any atom is 0.311 e. The molecule has 1 aromatic rings. The fraction of sp³-hybridized carbons (Fsp3) is 0.308. The standard InChI is InChI=1S/C13H15BrO2/c1-9(2)7-8-11(13(15)16)10-5-3-4-6-12(10)14/h3-7,11H,8H2,1-2H3,(H,15,16). The number of allylic oxidation sites excluding steroid dienone is 2. The Morgan fingerprint density at radius 1 is 1.44 bits per heavy atom. The van der Waals surface area contributed by atoms with Crippen LogP contribution in [0.2, 0.25) is 0 Å². The van der Waals surface area contributed by atoms with Gasteiger partial charge in [-0.15, -0.1) is 0 Å². The Bertz CT molecular complexity index is 406. The Kier molecular flexibility index (Phi) is 4.74. The molecule has 0 amide bonds. The predicted molar refractivity (Wildman–Crippen MR) is 68.6 cm³/mol. The minimum atomic E-state index is -0.788. The third kappa shape index (κ3) is 3.49. The van der Waals surface area contributed by atoms with Gasteiger partial charge in [0.1, 0.15) is 0 Å². The molecule has 0 heterocycles. The molecule has 0 aromatic heterocycles. The minimum absolute atomic E-state index is 0.481. The highest BCUT2D eigenvalue weighted by Crippen LogP contribution is 2.28. The van der Waals surface area contributed by atoms with Crippen LogP contribution in [0.5, 0.6) is 0 Å². The van der Waals surface area contributed by atoms with E-state index in [0.717, 1.165) is 15.6 Å². The van der Waals surface area contributed by atoms with Gasteiger partial charge in [-0.2, -0.15) is 0 Å². The van der Waals surface area contributed by atoms with Gasteiger partial charge >= 0.3 is 5.97 Å². The number of hydrogen-bond acceptors (Lipinski definition) is 1. The summed E-state index contributed by atoms with van der Waals surface area (Å²) < 4.78 is 0.851. The van der Waals surface area contributed by atoms with Crippen molar-refractivity contribution in [2.24, 2.45) is 0 Å². The van der Waals surface area contributed by atoms with Crippen LogP contribution < -0.4 is 0 Å². The fourth-order valence-corrected chi connectivity index (χ4v) is 2.03. The molecule has 1 unspecified atom stereocenters. The Labute approximate surface area is 104 Å². The average Bonchev–Trinajstić information content (AvgIpc) is 2.20. The van der Waals surface area contributed by atoms with Crippen LogP contribution in [0.25, 0.3) is 0 Å². The Morgan fingerprint density at radius 2 is 2.06 bits per heavy atom. The highest BCUT2D eigenvalue weighted by molar-refractivity contribution is 9.10. The molecular formula is C13H15BrO2. The Hall–Kier alpha value is -1.09. The molecule has 0 saturated heterocycles. The lowest BCUT2D eigenvalue weighted by Crippen LogP contribution is -2.11. The molecule has 86 valence electrons. The summed E-state index contributed by atoms with van der Waals surface area (Å²) >= 11 is 3.39. The number of carbonyl (C=O) groups is 1. The first-order chi connectivity index (χ1) is 7.52. The molecule has 16 heavy (non-hydrogen) atoms. The van der Waals surface area contributed by atoms with E-state index in [1.165, 1.54) is 0 Å². The lowest BCUT2D eigenvalue weighted by atomic mass is 9.95. The van der Waals surface area contributed by atoms with Crippen molar-refractivity contribution >= 4 is 21.9 Å². The van der Waals surface area contributed by atoms with Crippen molar-refractivity contribution < 1.29 is 9.90 Å². The molecule has 1 rings (SSSR count). The number of benzene rings is 1. The average molecular weight is 283 g/mol. The molecule has 2 nitrogen and oxygen atoms in total. The van der Waals surface area contributed by atoms with Crippen LogP contribution in [0.4, 0.5) is 0 Å². The molecule has 0 aliphatic rings. The van der Waals surface area contributed by atoms with Gasteiger partial charge in [0.05, 0.1) is 5.92 Å². The smallest absolute Gasteiger partial charge is 0.311 e. The highest BCUT2D eigenvalue weighted by Gasteiger charge is 2.20. The zero-order valence-corrected chi connectivity index (χ0v) is 11.0. The van der Waals surface area contributed by atoms with Crippen molar-refractivity contribution in [2.45, 2.75) is 26.2 Å². The maximum absolute atomic E-state index is 11.2. The van der Waals surface area contributed by atoms with Crippen LogP contribution in [0, 0.1) is 0 Å². The van der Waals surface area contributed by atoms with Gasteiger partial charge < -0.3 is 5.11 Å². The maximum atomic E-state index is 11.2. The summed E-state index contributed by atoms with van der Waals surface area (Å²) in [5, 5.41) is 9.21. The van der Waals surface area contributed by atoms with Gasteiger partial charge in [0.15, 0.2) is 0 Å². The second kappa shape index (κ2) is 5.85. The van der Waals surface area contributed by atoms with Crippen molar-refractivity contribution in [3.05, 3.63) is 46.0 Å². The van der Waals surface area contributed by atoms with Gasteiger partial charge in [-0.05, 0) is 31.9 Å². The van der Waals surface area contributed by atoms with Crippen molar-refractivity contribution in [1.29, 1.82) is 0 Å². The van der Waals surface area contributed by atoms with E-state index in [0.29, 0.717) is 6.42 Å². The van der Waals surface area contributed by atoms with Crippen molar-refractivity contribution in [1.82, 2.24) is 0 Å². The van der Waals surface area contributed by atoms with Gasteiger partial charge in [0, 0.05) is 4.47 Å². The number of halogens is 1. The number of aliphatic carboxylic acids is 1. The summed E-state index contributed by atoms with van der Waals surface area (Å²) in [6.07, 6.45) is 2.48. The minimum Gasteiger partial charge on any atom is -0.481 e. The predicted octanol–water partition coefficient (Wildman–Crippen LogP) is 3.97. The fourth-order valence-electron chi connectivity index (χ4n) is 1.47. The molecule has 0 radical (unpaired) electrons. The van der Waals surface area contributed by atoms with Crippen LogP contribution >= 0.6 is 15.9 Å². The van der Waals surface area contributed by atoms with Crippen LogP contribution in [0.3, 0.4) is 0 Å². The second-order valence-corrected chi connectivity index (χ2v) is 4.78. The summed E-state index contributed by atoms with van der Waals surface area (Å²) in [5.74, 6) is -1.27. The Balaban J connectivity index is 2.99. The molecule has 1 N–H and O–H groups in total. The molecule has 0 aliphatic heterocycles. The van der Waals surface area contributed by atoms with Crippen LogP contribution in [0.1, 0.15) is 31.7 Å². The molecule has 0 aliphatic carbocycles. The van der Waals surface area contributed by atoms with Crippen LogP contribution in [-0.4, -0.2) is 11.1 Å². The topological polar surface area (TPSA) is 37.3 Å². The van der Waals surface area contributed by atoms with E-state index in [-0.39, 0.29) is 0 Å². The summed E-state index contributed by atoms with van der Waals surface area (Å²) in [4.78, 5) is 11.2. The molecular weight excluding hydrogens is 268 g/mol. The lowest BCUT2D eigenvalue weighted by Gasteiger charge is -2.12. The van der Waals surface area contributed by atoms with E-state index in [1.54, 1.807) is 0 Å². The molecule has 0 spiro atoms. The lowest BCUT2D eigenvalue weighted by molar-refractivity contribution is -0.138. The quantitative estimate of drug-likeness (QED) is 0.849. The van der Waals surface area contributed by atoms with Gasteiger partial charge in [-0.1, -0.05) is 45.8 Å². The van der Waals surface area contributed by atoms with Crippen LogP contribution in [0.15, 0.2) is 40.4 Å². The number of carboxylic acids is 1.